The van der Waals surface area contributed by atoms with Crippen molar-refractivity contribution in [2.24, 2.45) is 0 Å². The van der Waals surface area contributed by atoms with Crippen LogP contribution in [0.1, 0.15) is 17.9 Å². The zero-order valence-electron chi connectivity index (χ0n) is 13.2. The average molecular weight is 370 g/mol. The van der Waals surface area contributed by atoms with Gasteiger partial charge in [-0.05, 0) is 28.3 Å². The molecule has 0 aliphatic rings. The summed E-state index contributed by atoms with van der Waals surface area (Å²) in [6.07, 6.45) is 0.593. The Morgan fingerprint density at radius 3 is 2.96 bits per heavy atom. The molecular formula is C18H14N2O3S2. The lowest BCUT2D eigenvalue weighted by molar-refractivity contribution is -0.144. The standard InChI is InChI=1S/C18H14N2O3S2/c21-17(22-10-12-11-25-14-5-2-1-4-13(12)14)8-7-16-19-18(20-23-16)15-6-3-9-24-15/h1-6,9,11H,7-8,10H2. The van der Waals surface area contributed by atoms with Gasteiger partial charge in [0, 0.05) is 16.7 Å². The summed E-state index contributed by atoms with van der Waals surface area (Å²) >= 11 is 3.20. The molecule has 1 aromatic carbocycles. The van der Waals surface area contributed by atoms with Crippen LogP contribution in [0, 0.1) is 0 Å². The van der Waals surface area contributed by atoms with Crippen LogP contribution in [0.4, 0.5) is 0 Å². The fourth-order valence-electron chi connectivity index (χ4n) is 2.45. The van der Waals surface area contributed by atoms with Crippen molar-refractivity contribution >= 4 is 38.7 Å². The van der Waals surface area contributed by atoms with E-state index in [0.717, 1.165) is 15.8 Å². The minimum atomic E-state index is -0.272. The number of carbonyl (C=O) groups is 1. The van der Waals surface area contributed by atoms with E-state index in [9.17, 15) is 4.79 Å². The molecule has 0 aliphatic carbocycles. The monoisotopic (exact) mass is 370 g/mol. The van der Waals surface area contributed by atoms with Crippen molar-refractivity contribution in [3.05, 3.63) is 58.6 Å². The normalized spacial score (nSPS) is 11.0. The summed E-state index contributed by atoms with van der Waals surface area (Å²) in [4.78, 5) is 17.2. The van der Waals surface area contributed by atoms with Gasteiger partial charge in [0.2, 0.25) is 11.7 Å². The van der Waals surface area contributed by atoms with E-state index in [1.165, 1.54) is 4.70 Å². The van der Waals surface area contributed by atoms with Gasteiger partial charge in [0.1, 0.15) is 6.61 Å². The molecule has 7 heteroatoms. The number of esters is 1. The molecule has 0 fully saturated rings. The Morgan fingerprint density at radius 2 is 2.08 bits per heavy atom. The molecule has 0 spiro atoms. The fourth-order valence-corrected chi connectivity index (χ4v) is 4.04. The zero-order valence-corrected chi connectivity index (χ0v) is 14.8. The Bertz CT molecular complexity index is 989. The molecule has 5 nitrogen and oxygen atoms in total. The van der Waals surface area contributed by atoms with Crippen LogP contribution >= 0.6 is 22.7 Å². The smallest absolute Gasteiger partial charge is 0.306 e. The summed E-state index contributed by atoms with van der Waals surface area (Å²) < 4.78 is 11.8. The highest BCUT2D eigenvalue weighted by molar-refractivity contribution is 7.17. The van der Waals surface area contributed by atoms with Crippen LogP contribution < -0.4 is 0 Å². The summed E-state index contributed by atoms with van der Waals surface area (Å²) in [5.41, 5.74) is 1.03. The number of carbonyl (C=O) groups excluding carboxylic acids is 1. The molecule has 4 aromatic rings. The second kappa shape index (κ2) is 7.16. The lowest BCUT2D eigenvalue weighted by Crippen LogP contribution is -2.05. The summed E-state index contributed by atoms with van der Waals surface area (Å²) in [6.45, 7) is 0.285. The van der Waals surface area contributed by atoms with E-state index in [1.54, 1.807) is 22.7 Å². The average Bonchev–Trinajstić information content (AvgIpc) is 3.38. The molecule has 0 N–H and O–H groups in total. The molecule has 0 radical (unpaired) electrons. The fraction of sp³-hybridized carbons (Fsp3) is 0.167. The van der Waals surface area contributed by atoms with Crippen molar-refractivity contribution in [1.82, 2.24) is 10.1 Å². The Labute approximate surface area is 151 Å². The van der Waals surface area contributed by atoms with Crippen LogP contribution in [-0.2, 0) is 22.6 Å². The highest BCUT2D eigenvalue weighted by Gasteiger charge is 2.12. The molecule has 0 amide bonds. The first-order valence-electron chi connectivity index (χ1n) is 7.77. The van der Waals surface area contributed by atoms with E-state index in [1.807, 2.05) is 41.1 Å². The highest BCUT2D eigenvalue weighted by Crippen LogP contribution is 2.26. The van der Waals surface area contributed by atoms with Crippen LogP contribution in [0.3, 0.4) is 0 Å². The van der Waals surface area contributed by atoms with Crippen LogP contribution in [0.15, 0.2) is 51.7 Å². The van der Waals surface area contributed by atoms with Gasteiger partial charge in [0.25, 0.3) is 0 Å². The highest BCUT2D eigenvalue weighted by atomic mass is 32.1. The van der Waals surface area contributed by atoms with E-state index in [4.69, 9.17) is 9.26 Å². The number of benzene rings is 1. The summed E-state index contributed by atoms with van der Waals surface area (Å²) in [5, 5.41) is 9.05. The quantitative estimate of drug-likeness (QED) is 0.461. The number of rotatable bonds is 6. The van der Waals surface area contributed by atoms with E-state index in [-0.39, 0.29) is 19.0 Å². The number of aryl methyl sites for hydroxylation is 1. The number of nitrogens with zero attached hydrogens (tertiary/aromatic N) is 2. The third-order valence-corrected chi connectivity index (χ3v) is 5.58. The minimum absolute atomic E-state index is 0.216. The van der Waals surface area contributed by atoms with Gasteiger partial charge in [0.15, 0.2) is 0 Å². The number of hydrogen-bond donors (Lipinski definition) is 0. The maximum Gasteiger partial charge on any atom is 0.306 e. The minimum Gasteiger partial charge on any atom is -0.461 e. The predicted octanol–water partition coefficient (Wildman–Crippen LogP) is 4.69. The van der Waals surface area contributed by atoms with Gasteiger partial charge in [-0.3, -0.25) is 4.79 Å². The molecule has 3 heterocycles. The first kappa shape index (κ1) is 16.0. The number of fused-ring (bicyclic) bond motifs is 1. The molecule has 4 rings (SSSR count). The van der Waals surface area contributed by atoms with Gasteiger partial charge < -0.3 is 9.26 Å². The largest absolute Gasteiger partial charge is 0.461 e. The predicted molar refractivity (Wildman–Crippen MR) is 97.6 cm³/mol. The molecule has 0 unspecified atom stereocenters. The van der Waals surface area contributed by atoms with Crippen molar-refractivity contribution in [3.8, 4) is 10.7 Å². The zero-order chi connectivity index (χ0) is 17.1. The SMILES string of the molecule is O=C(CCc1nc(-c2cccs2)no1)OCc1csc2ccccc12. The third kappa shape index (κ3) is 3.62. The van der Waals surface area contributed by atoms with E-state index >= 15 is 0 Å². The molecule has 126 valence electrons. The lowest BCUT2D eigenvalue weighted by Gasteiger charge is -2.03. The Kier molecular flexibility index (Phi) is 4.58. The van der Waals surface area contributed by atoms with Crippen LogP contribution in [0.25, 0.3) is 20.8 Å². The van der Waals surface area contributed by atoms with Crippen molar-refractivity contribution in [1.29, 1.82) is 0 Å². The second-order valence-corrected chi connectivity index (χ2v) is 7.27. The topological polar surface area (TPSA) is 65.2 Å². The van der Waals surface area contributed by atoms with Gasteiger partial charge in [-0.25, -0.2) is 0 Å². The van der Waals surface area contributed by atoms with Gasteiger partial charge >= 0.3 is 5.97 Å². The molecule has 3 aromatic heterocycles. The molecule has 0 saturated carbocycles. The van der Waals surface area contributed by atoms with E-state index in [2.05, 4.69) is 16.2 Å². The molecule has 0 atom stereocenters. The molecular weight excluding hydrogens is 356 g/mol. The van der Waals surface area contributed by atoms with Gasteiger partial charge in [-0.15, -0.1) is 22.7 Å². The Hall–Kier alpha value is -2.51. The van der Waals surface area contributed by atoms with Crippen molar-refractivity contribution in [2.75, 3.05) is 0 Å². The van der Waals surface area contributed by atoms with Gasteiger partial charge in [-0.1, -0.05) is 29.4 Å². The molecule has 0 aliphatic heterocycles. The van der Waals surface area contributed by atoms with Crippen molar-refractivity contribution < 1.29 is 14.1 Å². The number of ether oxygens (including phenoxy) is 1. The maximum atomic E-state index is 12.0. The maximum absolute atomic E-state index is 12.0. The number of hydrogen-bond acceptors (Lipinski definition) is 7. The summed E-state index contributed by atoms with van der Waals surface area (Å²) in [5.74, 6) is 0.732. The summed E-state index contributed by atoms with van der Waals surface area (Å²) in [7, 11) is 0. The lowest BCUT2D eigenvalue weighted by atomic mass is 10.2. The van der Waals surface area contributed by atoms with Crippen LogP contribution in [0.2, 0.25) is 0 Å². The first-order chi connectivity index (χ1) is 12.3. The summed E-state index contributed by atoms with van der Waals surface area (Å²) in [6, 6.07) is 12.0. The molecule has 0 bridgehead atoms. The second-order valence-electron chi connectivity index (χ2n) is 5.41. The van der Waals surface area contributed by atoms with Crippen LogP contribution in [-0.4, -0.2) is 16.1 Å². The van der Waals surface area contributed by atoms with Crippen molar-refractivity contribution in [2.45, 2.75) is 19.4 Å². The first-order valence-corrected chi connectivity index (χ1v) is 9.53. The van der Waals surface area contributed by atoms with E-state index < -0.39 is 0 Å². The van der Waals surface area contributed by atoms with Crippen LogP contribution in [0.5, 0.6) is 0 Å². The molecule has 0 saturated heterocycles. The Morgan fingerprint density at radius 1 is 1.16 bits per heavy atom. The van der Waals surface area contributed by atoms with E-state index in [0.29, 0.717) is 18.1 Å². The van der Waals surface area contributed by atoms with Crippen molar-refractivity contribution in [3.63, 3.8) is 0 Å². The van der Waals surface area contributed by atoms with Gasteiger partial charge in [0.05, 0.1) is 11.3 Å². The number of aromatic nitrogens is 2. The van der Waals surface area contributed by atoms with Gasteiger partial charge in [-0.2, -0.15) is 4.98 Å². The molecule has 25 heavy (non-hydrogen) atoms. The number of thiophene rings is 2. The Balaban J connectivity index is 1.31. The third-order valence-electron chi connectivity index (χ3n) is 3.70.